The van der Waals surface area contributed by atoms with Gasteiger partial charge in [0.25, 0.3) is 0 Å². The predicted molar refractivity (Wildman–Crippen MR) is 107 cm³/mol. The number of aliphatic imine (C=N–C) groups is 1. The van der Waals surface area contributed by atoms with E-state index in [1.54, 1.807) is 0 Å². The number of hydrogen-bond acceptors (Lipinski definition) is 2. The minimum Gasteiger partial charge on any atom is -0.357 e. The average Bonchev–Trinajstić information content (AvgIpc) is 2.94. The number of benzene rings is 2. The van der Waals surface area contributed by atoms with Crippen molar-refractivity contribution < 1.29 is 0 Å². The van der Waals surface area contributed by atoms with E-state index in [9.17, 15) is 0 Å². The molecule has 0 atom stereocenters. The third-order valence-corrected chi connectivity index (χ3v) is 5.15. The van der Waals surface area contributed by atoms with Crippen LogP contribution in [-0.4, -0.2) is 23.9 Å². The minimum atomic E-state index is 1.00. The third-order valence-electron chi connectivity index (χ3n) is 5.15. The van der Waals surface area contributed by atoms with E-state index in [1.165, 1.54) is 47.1 Å². The zero-order valence-corrected chi connectivity index (χ0v) is 15.1. The van der Waals surface area contributed by atoms with E-state index < -0.39 is 0 Å². The molecule has 3 nitrogen and oxygen atoms in total. The van der Waals surface area contributed by atoms with Crippen LogP contribution in [0.15, 0.2) is 53.5 Å². The summed E-state index contributed by atoms with van der Waals surface area (Å²) in [6, 6.07) is 17.0. The highest BCUT2D eigenvalue weighted by atomic mass is 15.2. The maximum absolute atomic E-state index is 4.77. The molecule has 0 amide bonds. The number of aromatic nitrogens is 1. The average molecular weight is 331 g/mol. The van der Waals surface area contributed by atoms with Crippen LogP contribution >= 0.6 is 0 Å². The summed E-state index contributed by atoms with van der Waals surface area (Å²) in [5.74, 6) is 1.30. The Bertz CT molecular complexity index is 897. The summed E-state index contributed by atoms with van der Waals surface area (Å²) in [7, 11) is 2.18. The highest BCUT2D eigenvalue weighted by Gasteiger charge is 2.20. The number of rotatable bonds is 3. The van der Waals surface area contributed by atoms with Crippen molar-refractivity contribution >= 4 is 28.6 Å². The Morgan fingerprint density at radius 1 is 0.920 bits per heavy atom. The van der Waals surface area contributed by atoms with Crippen LogP contribution in [0.4, 0.5) is 11.5 Å². The van der Waals surface area contributed by atoms with Gasteiger partial charge in [0.05, 0.1) is 11.2 Å². The molecule has 0 bridgehead atoms. The van der Waals surface area contributed by atoms with Crippen LogP contribution in [-0.2, 0) is 7.05 Å². The second-order valence-corrected chi connectivity index (χ2v) is 6.95. The quantitative estimate of drug-likeness (QED) is 0.602. The molecule has 1 saturated heterocycles. The summed E-state index contributed by atoms with van der Waals surface area (Å²) in [5.41, 5.74) is 4.77. The Balaban J connectivity index is 1.81. The lowest BCUT2D eigenvalue weighted by Crippen LogP contribution is -2.31. The molecular formula is C22H25N3. The monoisotopic (exact) mass is 331 g/mol. The number of aryl methyl sites for hydroxylation is 2. The molecule has 0 aliphatic carbocycles. The molecule has 25 heavy (non-hydrogen) atoms. The van der Waals surface area contributed by atoms with Crippen LogP contribution in [0.3, 0.4) is 0 Å². The Labute approximate surface area is 149 Å². The Hall–Kier alpha value is -2.55. The Kier molecular flexibility index (Phi) is 4.31. The fourth-order valence-electron chi connectivity index (χ4n) is 3.79. The molecule has 2 heterocycles. The van der Waals surface area contributed by atoms with Gasteiger partial charge in [-0.25, -0.2) is 0 Å². The van der Waals surface area contributed by atoms with E-state index in [-0.39, 0.29) is 0 Å². The van der Waals surface area contributed by atoms with E-state index in [4.69, 9.17) is 4.99 Å². The van der Waals surface area contributed by atoms with Gasteiger partial charge in [0.2, 0.25) is 0 Å². The van der Waals surface area contributed by atoms with Crippen molar-refractivity contribution in [1.29, 1.82) is 0 Å². The SMILES string of the molecule is Cc1ccc(N=Cc2c(N3CCCCC3)n(C)c3ccccc23)cc1. The molecule has 0 unspecified atom stereocenters. The lowest BCUT2D eigenvalue weighted by atomic mass is 10.1. The summed E-state index contributed by atoms with van der Waals surface area (Å²) in [6.07, 6.45) is 5.94. The maximum Gasteiger partial charge on any atom is 0.118 e. The third kappa shape index (κ3) is 3.07. The topological polar surface area (TPSA) is 20.5 Å². The standard InChI is InChI=1S/C22H25N3/c1-17-10-12-18(13-11-17)23-16-20-19-8-4-5-9-21(19)24(2)22(20)25-14-6-3-7-15-25/h4-5,8-13,16H,3,6-7,14-15H2,1-2H3. The smallest absolute Gasteiger partial charge is 0.118 e. The molecule has 0 saturated carbocycles. The van der Waals surface area contributed by atoms with Crippen molar-refractivity contribution in [3.8, 4) is 0 Å². The summed E-state index contributed by atoms with van der Waals surface area (Å²) in [5, 5.41) is 1.28. The van der Waals surface area contributed by atoms with E-state index >= 15 is 0 Å². The van der Waals surface area contributed by atoms with Crippen molar-refractivity contribution in [2.75, 3.05) is 18.0 Å². The number of para-hydroxylation sites is 1. The number of piperidine rings is 1. The number of nitrogens with zero attached hydrogens (tertiary/aromatic N) is 3. The van der Waals surface area contributed by atoms with Gasteiger partial charge in [-0.2, -0.15) is 0 Å². The van der Waals surface area contributed by atoms with Crippen LogP contribution < -0.4 is 4.90 Å². The van der Waals surface area contributed by atoms with Gasteiger partial charge in [-0.1, -0.05) is 35.9 Å². The van der Waals surface area contributed by atoms with Gasteiger partial charge >= 0.3 is 0 Å². The summed E-state index contributed by atoms with van der Waals surface area (Å²) in [6.45, 7) is 4.37. The van der Waals surface area contributed by atoms with Crippen LogP contribution in [0.2, 0.25) is 0 Å². The van der Waals surface area contributed by atoms with Gasteiger partial charge in [0.1, 0.15) is 5.82 Å². The zero-order chi connectivity index (χ0) is 17.2. The second kappa shape index (κ2) is 6.75. The molecule has 1 aliphatic heterocycles. The van der Waals surface area contributed by atoms with E-state index in [0.29, 0.717) is 0 Å². The fraction of sp³-hybridized carbons (Fsp3) is 0.318. The molecule has 0 N–H and O–H groups in total. The zero-order valence-electron chi connectivity index (χ0n) is 15.1. The lowest BCUT2D eigenvalue weighted by Gasteiger charge is -2.29. The summed E-state index contributed by atoms with van der Waals surface area (Å²) >= 11 is 0. The first-order valence-electron chi connectivity index (χ1n) is 9.17. The molecule has 128 valence electrons. The highest BCUT2D eigenvalue weighted by molar-refractivity contribution is 6.06. The van der Waals surface area contributed by atoms with Crippen LogP contribution in [0, 0.1) is 6.92 Å². The molecule has 1 fully saturated rings. The molecule has 3 aromatic rings. The first-order chi connectivity index (χ1) is 12.2. The van der Waals surface area contributed by atoms with Gasteiger partial charge in [0.15, 0.2) is 0 Å². The molecular weight excluding hydrogens is 306 g/mol. The van der Waals surface area contributed by atoms with Crippen LogP contribution in [0.25, 0.3) is 10.9 Å². The maximum atomic E-state index is 4.77. The van der Waals surface area contributed by atoms with E-state index in [0.717, 1.165) is 18.8 Å². The first kappa shape index (κ1) is 15.9. The van der Waals surface area contributed by atoms with Crippen molar-refractivity contribution in [3.63, 3.8) is 0 Å². The van der Waals surface area contributed by atoms with Crippen molar-refractivity contribution in [1.82, 2.24) is 4.57 Å². The molecule has 2 aromatic carbocycles. The van der Waals surface area contributed by atoms with Gasteiger partial charge in [-0.15, -0.1) is 0 Å². The molecule has 0 spiro atoms. The Morgan fingerprint density at radius 2 is 1.64 bits per heavy atom. The molecule has 0 radical (unpaired) electrons. The second-order valence-electron chi connectivity index (χ2n) is 6.95. The van der Waals surface area contributed by atoms with Crippen molar-refractivity contribution in [2.24, 2.45) is 12.0 Å². The van der Waals surface area contributed by atoms with Crippen molar-refractivity contribution in [3.05, 3.63) is 59.7 Å². The minimum absolute atomic E-state index is 1.00. The number of hydrogen-bond donors (Lipinski definition) is 0. The normalized spacial score (nSPS) is 15.4. The highest BCUT2D eigenvalue weighted by Crippen LogP contribution is 2.32. The largest absolute Gasteiger partial charge is 0.357 e. The number of fused-ring (bicyclic) bond motifs is 1. The lowest BCUT2D eigenvalue weighted by molar-refractivity contribution is 0.568. The fourth-order valence-corrected chi connectivity index (χ4v) is 3.79. The molecule has 1 aliphatic rings. The first-order valence-corrected chi connectivity index (χ1v) is 9.17. The summed E-state index contributed by atoms with van der Waals surface area (Å²) in [4.78, 5) is 7.30. The van der Waals surface area contributed by atoms with E-state index in [2.05, 4.69) is 78.2 Å². The van der Waals surface area contributed by atoms with Crippen LogP contribution in [0.5, 0.6) is 0 Å². The van der Waals surface area contributed by atoms with Crippen LogP contribution in [0.1, 0.15) is 30.4 Å². The molecule has 1 aromatic heterocycles. The predicted octanol–water partition coefficient (Wildman–Crippen LogP) is 5.23. The van der Waals surface area contributed by atoms with Crippen molar-refractivity contribution in [2.45, 2.75) is 26.2 Å². The summed E-state index contributed by atoms with van der Waals surface area (Å²) < 4.78 is 2.33. The Morgan fingerprint density at radius 3 is 2.40 bits per heavy atom. The van der Waals surface area contributed by atoms with Gasteiger partial charge < -0.3 is 9.47 Å². The molecule has 4 rings (SSSR count). The van der Waals surface area contributed by atoms with Gasteiger partial charge in [-0.05, 0) is 44.4 Å². The van der Waals surface area contributed by atoms with Gasteiger partial charge in [-0.3, -0.25) is 4.99 Å². The number of anilines is 1. The van der Waals surface area contributed by atoms with Gasteiger partial charge in [0, 0.05) is 37.3 Å². The van der Waals surface area contributed by atoms with E-state index in [1.807, 2.05) is 0 Å². The molecule has 3 heteroatoms.